The lowest BCUT2D eigenvalue weighted by molar-refractivity contribution is 0.476. The Morgan fingerprint density at radius 3 is 1.71 bits per heavy atom. The van der Waals surface area contributed by atoms with Crippen LogP contribution >= 0.6 is 0 Å². The molecule has 1 N–H and O–H groups in total. The van der Waals surface area contributed by atoms with Crippen molar-refractivity contribution >= 4 is 43.1 Å². The quantitative estimate of drug-likeness (QED) is 0.318. The number of hydrogen-bond donors (Lipinski definition) is 1. The van der Waals surface area contributed by atoms with Crippen LogP contribution in [0.25, 0.3) is 43.1 Å². The molecular formula is C23H18O. The van der Waals surface area contributed by atoms with Crippen LogP contribution in [0.4, 0.5) is 0 Å². The first-order valence-corrected chi connectivity index (χ1v) is 7.77. The topological polar surface area (TPSA) is 20.2 Å². The lowest BCUT2D eigenvalue weighted by Crippen LogP contribution is -1.82. The maximum atomic E-state index is 9.84. The van der Waals surface area contributed by atoms with Crippen molar-refractivity contribution in [1.29, 1.82) is 0 Å². The maximum absolute atomic E-state index is 9.84. The van der Waals surface area contributed by atoms with Gasteiger partial charge in [0, 0.05) is 0 Å². The Morgan fingerprint density at radius 2 is 0.958 bits per heavy atom. The van der Waals surface area contributed by atoms with Gasteiger partial charge >= 0.3 is 0 Å². The second-order valence-corrected chi connectivity index (χ2v) is 6.01. The molecule has 0 aliphatic carbocycles. The van der Waals surface area contributed by atoms with E-state index in [1.54, 1.807) is 6.07 Å². The maximum Gasteiger partial charge on any atom is 0.116 e. The molecule has 5 aromatic rings. The lowest BCUT2D eigenvalue weighted by Gasteiger charge is -2.10. The number of aromatic hydroxyl groups is 1. The summed E-state index contributed by atoms with van der Waals surface area (Å²) in [6.07, 6.45) is 0. The van der Waals surface area contributed by atoms with E-state index in [2.05, 4.69) is 60.7 Å². The normalized spacial score (nSPS) is 11.2. The Bertz CT molecular complexity index is 1220. The largest absolute Gasteiger partial charge is 0.508 e. The second-order valence-electron chi connectivity index (χ2n) is 6.01. The van der Waals surface area contributed by atoms with Gasteiger partial charge in [0.2, 0.25) is 0 Å². The third-order valence-electron chi connectivity index (χ3n) is 4.72. The summed E-state index contributed by atoms with van der Waals surface area (Å²) in [6.45, 7) is 0. The smallest absolute Gasteiger partial charge is 0.116 e. The van der Waals surface area contributed by atoms with E-state index in [9.17, 15) is 5.11 Å². The van der Waals surface area contributed by atoms with Gasteiger partial charge in [-0.25, -0.2) is 0 Å². The number of phenols is 1. The van der Waals surface area contributed by atoms with Crippen LogP contribution < -0.4 is 0 Å². The van der Waals surface area contributed by atoms with Crippen molar-refractivity contribution < 1.29 is 5.11 Å². The minimum absolute atomic E-state index is 0. The molecule has 24 heavy (non-hydrogen) atoms. The van der Waals surface area contributed by atoms with Crippen LogP contribution in [-0.4, -0.2) is 5.11 Å². The molecule has 5 aromatic carbocycles. The number of fused-ring (bicyclic) bond motifs is 7. The minimum atomic E-state index is 0. The molecule has 0 amide bonds. The highest BCUT2D eigenvalue weighted by molar-refractivity contribution is 6.22. The highest BCUT2D eigenvalue weighted by Crippen LogP contribution is 2.35. The van der Waals surface area contributed by atoms with E-state index in [1.165, 1.54) is 32.3 Å². The molecule has 116 valence electrons. The molecule has 0 saturated heterocycles. The van der Waals surface area contributed by atoms with Crippen molar-refractivity contribution in [2.24, 2.45) is 0 Å². The number of rotatable bonds is 0. The van der Waals surface area contributed by atoms with Crippen LogP contribution in [0, 0.1) is 0 Å². The molecule has 0 aliphatic rings. The molecule has 1 nitrogen and oxygen atoms in total. The zero-order chi connectivity index (χ0) is 15.4. The Hall–Kier alpha value is -3.06. The summed E-state index contributed by atoms with van der Waals surface area (Å²) in [4.78, 5) is 0. The summed E-state index contributed by atoms with van der Waals surface area (Å²) in [5, 5.41) is 19.6. The van der Waals surface area contributed by atoms with Gasteiger partial charge in [-0.15, -0.1) is 0 Å². The van der Waals surface area contributed by atoms with Gasteiger partial charge in [0.05, 0.1) is 0 Å². The van der Waals surface area contributed by atoms with E-state index in [1.807, 2.05) is 12.1 Å². The summed E-state index contributed by atoms with van der Waals surface area (Å²) in [6, 6.07) is 27.1. The molecule has 0 unspecified atom stereocenters. The summed E-state index contributed by atoms with van der Waals surface area (Å²) in [7, 11) is 0. The molecule has 0 spiro atoms. The van der Waals surface area contributed by atoms with Crippen LogP contribution in [0.2, 0.25) is 0 Å². The molecule has 1 heteroatoms. The molecule has 0 radical (unpaired) electrons. The standard InChI is InChI=1S/C22H14O.CH4/c23-16-8-5-15-7-10-20-19-9-6-14-3-1-2-4-17(14)18(19)11-12-21(20)22(15)13-16;/h1-13,23H;1H4. The highest BCUT2D eigenvalue weighted by Gasteiger charge is 2.07. The lowest BCUT2D eigenvalue weighted by atomic mass is 9.94. The van der Waals surface area contributed by atoms with Crippen LogP contribution in [0.1, 0.15) is 7.43 Å². The molecule has 0 aliphatic heterocycles. The average Bonchev–Trinajstić information content (AvgIpc) is 2.60. The Kier molecular flexibility index (Phi) is 3.17. The van der Waals surface area contributed by atoms with Crippen molar-refractivity contribution in [3.8, 4) is 5.75 Å². The molecular weight excluding hydrogens is 292 g/mol. The van der Waals surface area contributed by atoms with Gasteiger partial charge in [0.25, 0.3) is 0 Å². The second kappa shape index (κ2) is 5.24. The summed E-state index contributed by atoms with van der Waals surface area (Å²) >= 11 is 0. The average molecular weight is 310 g/mol. The van der Waals surface area contributed by atoms with E-state index in [4.69, 9.17) is 0 Å². The first kappa shape index (κ1) is 14.5. The Morgan fingerprint density at radius 1 is 0.458 bits per heavy atom. The van der Waals surface area contributed by atoms with Crippen LogP contribution in [-0.2, 0) is 0 Å². The van der Waals surface area contributed by atoms with E-state index in [0.717, 1.165) is 10.8 Å². The van der Waals surface area contributed by atoms with Gasteiger partial charge in [-0.3, -0.25) is 0 Å². The van der Waals surface area contributed by atoms with E-state index in [-0.39, 0.29) is 7.43 Å². The molecule has 0 saturated carbocycles. The van der Waals surface area contributed by atoms with Crippen molar-refractivity contribution in [3.63, 3.8) is 0 Å². The fraction of sp³-hybridized carbons (Fsp3) is 0.0435. The Labute approximate surface area is 140 Å². The zero-order valence-electron chi connectivity index (χ0n) is 12.5. The first-order chi connectivity index (χ1) is 11.3. The molecule has 5 rings (SSSR count). The SMILES string of the molecule is C.Oc1ccc2ccc3c(ccc4c5ccccc5ccc43)c2c1. The molecule has 0 atom stereocenters. The third-order valence-corrected chi connectivity index (χ3v) is 4.72. The molecule has 0 heterocycles. The monoisotopic (exact) mass is 310 g/mol. The van der Waals surface area contributed by atoms with Gasteiger partial charge in [0.1, 0.15) is 5.75 Å². The van der Waals surface area contributed by atoms with Gasteiger partial charge in [-0.1, -0.05) is 74.2 Å². The van der Waals surface area contributed by atoms with E-state index in [0.29, 0.717) is 5.75 Å². The van der Waals surface area contributed by atoms with E-state index >= 15 is 0 Å². The summed E-state index contributed by atoms with van der Waals surface area (Å²) < 4.78 is 0. The number of phenolic OH excluding ortho intramolecular Hbond substituents is 1. The molecule has 0 fully saturated rings. The number of hydrogen-bond acceptors (Lipinski definition) is 1. The van der Waals surface area contributed by atoms with Crippen LogP contribution in [0.5, 0.6) is 5.75 Å². The van der Waals surface area contributed by atoms with Crippen molar-refractivity contribution in [3.05, 3.63) is 78.9 Å². The molecule has 0 aromatic heterocycles. The van der Waals surface area contributed by atoms with Gasteiger partial charge < -0.3 is 5.11 Å². The Balaban J connectivity index is 0.00000146. The summed E-state index contributed by atoms with van der Waals surface area (Å²) in [5.41, 5.74) is 0. The van der Waals surface area contributed by atoms with Crippen molar-refractivity contribution in [1.82, 2.24) is 0 Å². The molecule has 0 bridgehead atoms. The summed E-state index contributed by atoms with van der Waals surface area (Å²) in [5.74, 6) is 0.309. The van der Waals surface area contributed by atoms with Gasteiger partial charge in [0.15, 0.2) is 0 Å². The van der Waals surface area contributed by atoms with E-state index < -0.39 is 0 Å². The van der Waals surface area contributed by atoms with Gasteiger partial charge in [-0.2, -0.15) is 0 Å². The van der Waals surface area contributed by atoms with Crippen LogP contribution in [0.15, 0.2) is 78.9 Å². The minimum Gasteiger partial charge on any atom is -0.508 e. The van der Waals surface area contributed by atoms with Crippen LogP contribution in [0.3, 0.4) is 0 Å². The highest BCUT2D eigenvalue weighted by atomic mass is 16.3. The predicted octanol–water partition coefficient (Wildman–Crippen LogP) is 6.64. The third kappa shape index (κ3) is 1.95. The van der Waals surface area contributed by atoms with Crippen molar-refractivity contribution in [2.45, 2.75) is 7.43 Å². The number of benzene rings is 5. The van der Waals surface area contributed by atoms with Gasteiger partial charge in [-0.05, 0) is 55.2 Å². The first-order valence-electron chi connectivity index (χ1n) is 7.77. The fourth-order valence-electron chi connectivity index (χ4n) is 3.62. The van der Waals surface area contributed by atoms with Crippen molar-refractivity contribution in [2.75, 3.05) is 0 Å². The predicted molar refractivity (Wildman–Crippen MR) is 105 cm³/mol. The fourth-order valence-corrected chi connectivity index (χ4v) is 3.62. The zero-order valence-corrected chi connectivity index (χ0v) is 12.5.